The van der Waals surface area contributed by atoms with Gasteiger partial charge in [-0.3, -0.25) is 4.79 Å². The average molecular weight is 339 g/mol. The van der Waals surface area contributed by atoms with Crippen molar-refractivity contribution in [3.8, 4) is 5.75 Å². The van der Waals surface area contributed by atoms with Crippen LogP contribution in [0.4, 0.5) is 9.18 Å². The van der Waals surface area contributed by atoms with Gasteiger partial charge < -0.3 is 25.4 Å². The molecule has 0 saturated carbocycles. The second-order valence-corrected chi connectivity index (χ2v) is 5.47. The first-order valence-corrected chi connectivity index (χ1v) is 7.86. The topological polar surface area (TPSA) is 93.9 Å². The highest BCUT2D eigenvalue weighted by Gasteiger charge is 2.28. The van der Waals surface area contributed by atoms with Crippen LogP contribution in [0.1, 0.15) is 13.3 Å². The Morgan fingerprint density at radius 3 is 2.92 bits per heavy atom. The molecule has 1 heterocycles. The van der Waals surface area contributed by atoms with E-state index in [0.717, 1.165) is 0 Å². The SMILES string of the molecule is CC[C@@H](CNC(=O)N1CCO[C@H](C(N)=O)C1)Oc1ccccc1F. The van der Waals surface area contributed by atoms with Crippen LogP contribution < -0.4 is 15.8 Å². The number of benzene rings is 1. The van der Waals surface area contributed by atoms with E-state index in [1.54, 1.807) is 18.2 Å². The van der Waals surface area contributed by atoms with Crippen molar-refractivity contribution in [1.82, 2.24) is 10.2 Å². The van der Waals surface area contributed by atoms with Crippen LogP contribution in [0.15, 0.2) is 24.3 Å². The molecule has 1 fully saturated rings. The lowest BCUT2D eigenvalue weighted by molar-refractivity contribution is -0.133. The van der Waals surface area contributed by atoms with E-state index < -0.39 is 17.8 Å². The molecule has 2 atom stereocenters. The average Bonchev–Trinajstić information content (AvgIpc) is 2.60. The lowest BCUT2D eigenvalue weighted by Gasteiger charge is -2.31. The summed E-state index contributed by atoms with van der Waals surface area (Å²) in [4.78, 5) is 24.8. The van der Waals surface area contributed by atoms with Crippen LogP contribution in [-0.4, -0.2) is 55.3 Å². The van der Waals surface area contributed by atoms with E-state index in [9.17, 15) is 14.0 Å². The number of nitrogens with zero attached hydrogens (tertiary/aromatic N) is 1. The smallest absolute Gasteiger partial charge is 0.317 e. The van der Waals surface area contributed by atoms with Crippen LogP contribution in [-0.2, 0) is 9.53 Å². The van der Waals surface area contributed by atoms with Crippen LogP contribution in [0, 0.1) is 5.82 Å². The molecule has 1 saturated heterocycles. The molecular formula is C16H22FN3O4. The van der Waals surface area contributed by atoms with Gasteiger partial charge in [-0.25, -0.2) is 9.18 Å². The highest BCUT2D eigenvalue weighted by atomic mass is 19.1. The summed E-state index contributed by atoms with van der Waals surface area (Å²) >= 11 is 0. The van der Waals surface area contributed by atoms with E-state index in [-0.39, 0.29) is 37.6 Å². The van der Waals surface area contributed by atoms with Crippen LogP contribution in [0.5, 0.6) is 5.75 Å². The van der Waals surface area contributed by atoms with E-state index in [0.29, 0.717) is 13.0 Å². The molecule has 1 aromatic rings. The van der Waals surface area contributed by atoms with Crippen molar-refractivity contribution in [2.45, 2.75) is 25.6 Å². The number of rotatable bonds is 6. The fraction of sp³-hybridized carbons (Fsp3) is 0.500. The van der Waals surface area contributed by atoms with Crippen LogP contribution >= 0.6 is 0 Å². The summed E-state index contributed by atoms with van der Waals surface area (Å²) in [5, 5.41) is 2.73. The van der Waals surface area contributed by atoms with Gasteiger partial charge in [0, 0.05) is 6.54 Å². The summed E-state index contributed by atoms with van der Waals surface area (Å²) in [6.45, 7) is 2.86. The van der Waals surface area contributed by atoms with E-state index in [1.807, 2.05) is 6.92 Å². The predicted octanol–water partition coefficient (Wildman–Crippen LogP) is 0.879. The monoisotopic (exact) mass is 339 g/mol. The normalized spacial score (nSPS) is 18.8. The lowest BCUT2D eigenvalue weighted by Crippen LogP contribution is -2.54. The zero-order chi connectivity index (χ0) is 17.5. The third kappa shape index (κ3) is 4.82. The second kappa shape index (κ2) is 8.49. The number of ether oxygens (including phenoxy) is 2. The van der Waals surface area contributed by atoms with Crippen molar-refractivity contribution in [3.05, 3.63) is 30.1 Å². The maximum atomic E-state index is 13.6. The maximum absolute atomic E-state index is 13.6. The molecule has 1 aliphatic rings. The first kappa shape index (κ1) is 18.0. The van der Waals surface area contributed by atoms with E-state index in [1.165, 1.54) is 11.0 Å². The number of hydrogen-bond acceptors (Lipinski definition) is 4. The quantitative estimate of drug-likeness (QED) is 0.804. The standard InChI is InChI=1S/C16H22FN3O4/c1-2-11(24-13-6-4-3-5-12(13)17)9-19-16(22)20-7-8-23-14(10-20)15(18)21/h3-6,11,14H,2,7-10H2,1H3,(H2,18,21)(H,19,22)/t11-,14-/m0/s1. The van der Waals surface area contributed by atoms with Crippen molar-refractivity contribution in [2.75, 3.05) is 26.2 Å². The van der Waals surface area contributed by atoms with Crippen molar-refractivity contribution in [3.63, 3.8) is 0 Å². The molecule has 2 rings (SSSR count). The summed E-state index contributed by atoms with van der Waals surface area (Å²) in [6, 6.07) is 5.79. The van der Waals surface area contributed by atoms with Crippen molar-refractivity contribution in [2.24, 2.45) is 5.73 Å². The molecule has 0 unspecified atom stereocenters. The predicted molar refractivity (Wildman–Crippen MR) is 85.0 cm³/mol. The summed E-state index contributed by atoms with van der Waals surface area (Å²) in [6.07, 6.45) is -0.554. The number of morpholine rings is 1. The molecule has 24 heavy (non-hydrogen) atoms. The first-order valence-electron chi connectivity index (χ1n) is 7.86. The number of carbonyl (C=O) groups is 2. The minimum Gasteiger partial charge on any atom is -0.486 e. The van der Waals surface area contributed by atoms with Gasteiger partial charge in [-0.05, 0) is 18.6 Å². The lowest BCUT2D eigenvalue weighted by atomic mass is 10.2. The molecule has 0 spiro atoms. The molecule has 0 bridgehead atoms. The summed E-state index contributed by atoms with van der Waals surface area (Å²) in [7, 11) is 0. The third-order valence-corrected chi connectivity index (χ3v) is 3.74. The number of carbonyl (C=O) groups excluding carboxylic acids is 2. The van der Waals surface area contributed by atoms with E-state index in [2.05, 4.69) is 5.32 Å². The summed E-state index contributed by atoms with van der Waals surface area (Å²) in [5.41, 5.74) is 5.20. The van der Waals surface area contributed by atoms with Crippen LogP contribution in [0.3, 0.4) is 0 Å². The Bertz CT molecular complexity index is 584. The van der Waals surface area contributed by atoms with Crippen molar-refractivity contribution < 1.29 is 23.5 Å². The van der Waals surface area contributed by atoms with Gasteiger partial charge >= 0.3 is 6.03 Å². The molecule has 0 aromatic heterocycles. The Hall–Kier alpha value is -2.35. The van der Waals surface area contributed by atoms with Gasteiger partial charge in [0.05, 0.1) is 19.7 Å². The number of para-hydroxylation sites is 1. The molecule has 3 N–H and O–H groups in total. The number of primary amides is 1. The van der Waals surface area contributed by atoms with Gasteiger partial charge in [-0.1, -0.05) is 19.1 Å². The number of halogens is 1. The van der Waals surface area contributed by atoms with Gasteiger partial charge in [0.25, 0.3) is 0 Å². The number of nitrogens with two attached hydrogens (primary N) is 1. The molecule has 3 amide bonds. The van der Waals surface area contributed by atoms with Crippen LogP contribution in [0.2, 0.25) is 0 Å². The fourth-order valence-electron chi connectivity index (χ4n) is 2.31. The summed E-state index contributed by atoms with van der Waals surface area (Å²) < 4.78 is 24.4. The van der Waals surface area contributed by atoms with E-state index >= 15 is 0 Å². The van der Waals surface area contributed by atoms with Gasteiger partial charge in [0.2, 0.25) is 5.91 Å². The Balaban J connectivity index is 1.85. The second-order valence-electron chi connectivity index (χ2n) is 5.47. The van der Waals surface area contributed by atoms with E-state index in [4.69, 9.17) is 15.2 Å². The number of urea groups is 1. The number of hydrogen-bond donors (Lipinski definition) is 2. The Morgan fingerprint density at radius 2 is 2.25 bits per heavy atom. The Morgan fingerprint density at radius 1 is 1.50 bits per heavy atom. The Kier molecular flexibility index (Phi) is 6.36. The third-order valence-electron chi connectivity index (χ3n) is 3.74. The highest BCUT2D eigenvalue weighted by Crippen LogP contribution is 2.17. The molecule has 0 aliphatic carbocycles. The molecular weight excluding hydrogens is 317 g/mol. The zero-order valence-electron chi connectivity index (χ0n) is 13.5. The molecule has 1 aliphatic heterocycles. The van der Waals surface area contributed by atoms with Crippen molar-refractivity contribution >= 4 is 11.9 Å². The summed E-state index contributed by atoms with van der Waals surface area (Å²) in [5.74, 6) is -0.889. The van der Waals surface area contributed by atoms with Crippen molar-refractivity contribution in [1.29, 1.82) is 0 Å². The number of amides is 3. The fourth-order valence-corrected chi connectivity index (χ4v) is 2.31. The minimum absolute atomic E-state index is 0.117. The van der Waals surface area contributed by atoms with Crippen LogP contribution in [0.25, 0.3) is 0 Å². The van der Waals surface area contributed by atoms with Gasteiger partial charge in [-0.15, -0.1) is 0 Å². The molecule has 132 valence electrons. The molecule has 8 heteroatoms. The largest absolute Gasteiger partial charge is 0.486 e. The molecule has 0 radical (unpaired) electrons. The zero-order valence-corrected chi connectivity index (χ0v) is 13.5. The molecule has 7 nitrogen and oxygen atoms in total. The number of nitrogens with one attached hydrogen (secondary N) is 1. The Labute approximate surface area is 139 Å². The van der Waals surface area contributed by atoms with Gasteiger partial charge in [0.1, 0.15) is 6.10 Å². The first-order chi connectivity index (χ1) is 11.5. The highest BCUT2D eigenvalue weighted by molar-refractivity contribution is 5.81. The van der Waals surface area contributed by atoms with Gasteiger partial charge in [0.15, 0.2) is 17.7 Å². The van der Waals surface area contributed by atoms with Gasteiger partial charge in [-0.2, -0.15) is 0 Å². The molecule has 1 aromatic carbocycles. The minimum atomic E-state index is -0.791. The maximum Gasteiger partial charge on any atom is 0.317 e.